The zero-order chi connectivity index (χ0) is 4.50. The summed E-state index contributed by atoms with van der Waals surface area (Å²) in [5, 5.41) is 0. The molecule has 7 heavy (non-hydrogen) atoms. The molecule has 7 heteroatoms. The molecule has 0 radical (unpaired) electrons. The summed E-state index contributed by atoms with van der Waals surface area (Å²) in [5.41, 5.74) is 0. The number of rotatable bonds is 0. The van der Waals surface area contributed by atoms with Crippen molar-refractivity contribution in [3.05, 3.63) is 0 Å². The second-order valence-corrected chi connectivity index (χ2v) is 1.50. The first-order valence-electron chi connectivity index (χ1n) is 0.816. The van der Waals surface area contributed by atoms with Gasteiger partial charge in [-0.3, -0.25) is 0 Å². The summed E-state index contributed by atoms with van der Waals surface area (Å²) >= 11 is 0. The van der Waals surface area contributed by atoms with Crippen LogP contribution in [0.4, 0.5) is 0 Å². The quantitative estimate of drug-likeness (QED) is 0.341. The van der Waals surface area contributed by atoms with Crippen molar-refractivity contribution in [2.45, 2.75) is 0 Å². The van der Waals surface area contributed by atoms with Crippen molar-refractivity contribution >= 4 is 32.1 Å². The van der Waals surface area contributed by atoms with Crippen LogP contribution in [0.5, 0.6) is 0 Å². The molecular formula is FeMgO4Si. The second kappa shape index (κ2) is 5.48. The van der Waals surface area contributed by atoms with E-state index in [0.29, 0.717) is 0 Å². The number of hydrogen-bond acceptors (Lipinski definition) is 4. The predicted molar refractivity (Wildman–Crippen MR) is 11.5 cm³/mol. The van der Waals surface area contributed by atoms with Gasteiger partial charge in [0, 0.05) is 0 Å². The van der Waals surface area contributed by atoms with Crippen LogP contribution >= 0.6 is 0 Å². The van der Waals surface area contributed by atoms with Crippen LogP contribution in [0.2, 0.25) is 0 Å². The maximum atomic E-state index is 8.58. The van der Waals surface area contributed by atoms with Gasteiger partial charge in [0.25, 0.3) is 0 Å². The van der Waals surface area contributed by atoms with E-state index in [4.69, 9.17) is 19.2 Å². The van der Waals surface area contributed by atoms with Crippen molar-refractivity contribution in [3.8, 4) is 0 Å². The molecular weight excluding hydrogens is 172 g/mol. The smallest absolute Gasteiger partial charge is 0.894 e. The number of hydrogen-bond donors (Lipinski definition) is 0. The topological polar surface area (TPSA) is 92.2 Å². The van der Waals surface area contributed by atoms with E-state index in [1.807, 2.05) is 0 Å². The summed E-state index contributed by atoms with van der Waals surface area (Å²) in [4.78, 5) is 34.3. The predicted octanol–water partition coefficient (Wildman–Crippen LogP) is -5.52. The van der Waals surface area contributed by atoms with Crippen LogP contribution in [0, 0.1) is 0 Å². The molecule has 0 aliphatic rings. The summed E-state index contributed by atoms with van der Waals surface area (Å²) < 4.78 is 0. The Morgan fingerprint density at radius 2 is 0.857 bits per heavy atom. The Balaban J connectivity index is -0.0000000800. The minimum atomic E-state index is -5.61. The van der Waals surface area contributed by atoms with Crippen molar-refractivity contribution in [1.29, 1.82) is 0 Å². The minimum Gasteiger partial charge on any atom is -0.894 e. The molecule has 38 valence electrons. The molecule has 0 saturated carbocycles. The first kappa shape index (κ1) is 15.8. The van der Waals surface area contributed by atoms with Crippen molar-refractivity contribution in [2.75, 3.05) is 0 Å². The van der Waals surface area contributed by atoms with E-state index < -0.39 is 9.05 Å². The van der Waals surface area contributed by atoms with Gasteiger partial charge in [0.05, 0.1) is 0 Å². The summed E-state index contributed by atoms with van der Waals surface area (Å²) in [6, 6.07) is 0. The van der Waals surface area contributed by atoms with Crippen LogP contribution < -0.4 is 19.2 Å². The molecule has 0 aliphatic carbocycles. The molecule has 0 aromatic heterocycles. The summed E-state index contributed by atoms with van der Waals surface area (Å²) in [5.74, 6) is 0. The van der Waals surface area contributed by atoms with E-state index in [9.17, 15) is 0 Å². The van der Waals surface area contributed by atoms with E-state index in [1.165, 1.54) is 0 Å². The molecule has 0 aromatic carbocycles. The van der Waals surface area contributed by atoms with Gasteiger partial charge in [-0.2, -0.15) is 0 Å². The first-order chi connectivity index (χ1) is 2.00. The van der Waals surface area contributed by atoms with Crippen LogP contribution in [0.15, 0.2) is 0 Å². The van der Waals surface area contributed by atoms with Gasteiger partial charge in [0.1, 0.15) is 0 Å². The summed E-state index contributed by atoms with van der Waals surface area (Å²) in [6.45, 7) is 0. The molecule has 0 amide bonds. The van der Waals surface area contributed by atoms with E-state index >= 15 is 0 Å². The average molecular weight is 172 g/mol. The molecule has 0 atom stereocenters. The fraction of sp³-hybridized carbons (Fsp3) is 0. The third-order valence-corrected chi connectivity index (χ3v) is 0. The Kier molecular flexibility index (Phi) is 12.3. The Morgan fingerprint density at radius 3 is 0.857 bits per heavy atom. The molecule has 4 nitrogen and oxygen atoms in total. The third kappa shape index (κ3) is 116. The zero-order valence-corrected chi connectivity index (χ0v) is 6.71. The zero-order valence-electron chi connectivity index (χ0n) is 3.19. The monoisotopic (exact) mass is 172 g/mol. The molecule has 0 heterocycles. The van der Waals surface area contributed by atoms with Crippen molar-refractivity contribution < 1.29 is 36.3 Å². The molecule has 0 bridgehead atoms. The standard InChI is InChI=1S/Fe.Mg.O4Si/c;;1-5(2,3)4/q2*+2;-4. The largest absolute Gasteiger partial charge is 2.00 e. The van der Waals surface area contributed by atoms with Gasteiger partial charge in [-0.05, 0) is 0 Å². The molecule has 0 unspecified atom stereocenters. The van der Waals surface area contributed by atoms with Crippen LogP contribution in [-0.4, -0.2) is 32.1 Å². The van der Waals surface area contributed by atoms with Gasteiger partial charge in [-0.25, -0.2) is 0 Å². The van der Waals surface area contributed by atoms with E-state index in [-0.39, 0.29) is 40.1 Å². The maximum absolute atomic E-state index is 8.58. The van der Waals surface area contributed by atoms with Crippen LogP contribution in [0.1, 0.15) is 0 Å². The van der Waals surface area contributed by atoms with Crippen molar-refractivity contribution in [1.82, 2.24) is 0 Å². The van der Waals surface area contributed by atoms with E-state index in [0.717, 1.165) is 0 Å². The second-order valence-electron chi connectivity index (χ2n) is 0.500. The van der Waals surface area contributed by atoms with Crippen LogP contribution in [0.3, 0.4) is 0 Å². The van der Waals surface area contributed by atoms with E-state index in [2.05, 4.69) is 0 Å². The fourth-order valence-corrected chi connectivity index (χ4v) is 0. The van der Waals surface area contributed by atoms with Crippen molar-refractivity contribution in [2.24, 2.45) is 0 Å². The van der Waals surface area contributed by atoms with Crippen molar-refractivity contribution in [3.63, 3.8) is 0 Å². The first-order valence-corrected chi connectivity index (χ1v) is 2.45. The Labute approximate surface area is 68.3 Å². The Bertz CT molecular complexity index is 27.2. The normalized spacial score (nSPS) is 8.57. The van der Waals surface area contributed by atoms with Gasteiger partial charge in [-0.15, -0.1) is 0 Å². The van der Waals surface area contributed by atoms with Crippen LogP contribution in [0.25, 0.3) is 0 Å². The maximum Gasteiger partial charge on any atom is 2.00 e. The van der Waals surface area contributed by atoms with Gasteiger partial charge in [0.2, 0.25) is 0 Å². The van der Waals surface area contributed by atoms with Crippen LogP contribution in [-0.2, 0) is 17.1 Å². The SMILES string of the molecule is [Fe+2].[Mg+2].[O-][Si]([O-])([O-])[O-]. The average Bonchev–Trinajstić information content (AvgIpc) is 0.722. The van der Waals surface area contributed by atoms with Gasteiger partial charge in [0.15, 0.2) is 0 Å². The molecule has 0 rings (SSSR count). The third-order valence-electron chi connectivity index (χ3n) is 0. The molecule has 0 N–H and O–H groups in total. The Hall–Kier alpha value is 1.34. The van der Waals surface area contributed by atoms with E-state index in [1.54, 1.807) is 0 Å². The molecule has 0 spiro atoms. The molecule has 0 aromatic rings. The fourth-order valence-electron chi connectivity index (χ4n) is 0. The Morgan fingerprint density at radius 1 is 0.857 bits per heavy atom. The van der Waals surface area contributed by atoms with Gasteiger partial charge in [-0.1, -0.05) is 0 Å². The van der Waals surface area contributed by atoms with Gasteiger partial charge >= 0.3 is 40.1 Å². The summed E-state index contributed by atoms with van der Waals surface area (Å²) in [6.07, 6.45) is 0. The minimum absolute atomic E-state index is 0. The summed E-state index contributed by atoms with van der Waals surface area (Å²) in [7, 11) is -5.61. The molecule has 0 fully saturated rings. The molecule has 0 aliphatic heterocycles. The molecule has 0 saturated heterocycles. The van der Waals surface area contributed by atoms with Gasteiger partial charge < -0.3 is 28.2 Å².